The van der Waals surface area contributed by atoms with E-state index in [0.29, 0.717) is 18.7 Å². The van der Waals surface area contributed by atoms with Crippen LogP contribution in [0.1, 0.15) is 10.4 Å². The summed E-state index contributed by atoms with van der Waals surface area (Å²) in [7, 11) is -3.16. The Labute approximate surface area is 116 Å². The van der Waals surface area contributed by atoms with Crippen molar-refractivity contribution in [3.05, 3.63) is 35.6 Å². The van der Waals surface area contributed by atoms with E-state index < -0.39 is 27.8 Å². The molecule has 0 spiro atoms. The van der Waals surface area contributed by atoms with Crippen LogP contribution in [0.2, 0.25) is 0 Å². The fraction of sp³-hybridized carbons (Fsp3) is 0.462. The Morgan fingerprint density at radius 2 is 1.95 bits per heavy atom. The van der Waals surface area contributed by atoms with Crippen LogP contribution in [0.3, 0.4) is 0 Å². The van der Waals surface area contributed by atoms with Gasteiger partial charge in [0, 0.05) is 12.1 Å². The predicted octanol–water partition coefficient (Wildman–Crippen LogP) is 0.464. The lowest BCUT2D eigenvalue weighted by molar-refractivity contribution is -0.0361. The van der Waals surface area contributed by atoms with E-state index in [1.54, 1.807) is 0 Å². The molecule has 2 heterocycles. The standard InChI is InChI=1S/C13H14FNO4S/c14-10-3-1-9(2-4-10)13(16)15-5-6-19-12-8-20(17,18)7-11(12)15/h1-4,11-12H,5-8H2. The number of carbonyl (C=O) groups is 1. The highest BCUT2D eigenvalue weighted by Crippen LogP contribution is 2.26. The van der Waals surface area contributed by atoms with Crippen molar-refractivity contribution < 1.29 is 22.3 Å². The maximum atomic E-state index is 12.9. The molecule has 108 valence electrons. The van der Waals surface area contributed by atoms with Gasteiger partial charge in [0.25, 0.3) is 5.91 Å². The van der Waals surface area contributed by atoms with Crippen LogP contribution < -0.4 is 0 Å². The zero-order valence-corrected chi connectivity index (χ0v) is 11.5. The van der Waals surface area contributed by atoms with E-state index in [-0.39, 0.29) is 17.4 Å². The minimum absolute atomic E-state index is 0.0368. The Morgan fingerprint density at radius 3 is 2.65 bits per heavy atom. The molecule has 1 aromatic carbocycles. The van der Waals surface area contributed by atoms with Gasteiger partial charge in [-0.3, -0.25) is 4.79 Å². The lowest BCUT2D eigenvalue weighted by Crippen LogP contribution is -2.53. The van der Waals surface area contributed by atoms with Crippen molar-refractivity contribution in [2.24, 2.45) is 0 Å². The number of fused-ring (bicyclic) bond motifs is 1. The highest BCUT2D eigenvalue weighted by atomic mass is 32.2. The van der Waals surface area contributed by atoms with Crippen molar-refractivity contribution in [1.82, 2.24) is 4.90 Å². The molecule has 20 heavy (non-hydrogen) atoms. The predicted molar refractivity (Wildman–Crippen MR) is 69.6 cm³/mol. The van der Waals surface area contributed by atoms with Crippen LogP contribution in [0.25, 0.3) is 0 Å². The summed E-state index contributed by atoms with van der Waals surface area (Å²) in [6.45, 7) is 0.677. The Bertz CT molecular complexity index is 628. The summed E-state index contributed by atoms with van der Waals surface area (Å²) in [5.41, 5.74) is 0.358. The number of amides is 1. The van der Waals surface area contributed by atoms with Gasteiger partial charge in [-0.15, -0.1) is 0 Å². The van der Waals surface area contributed by atoms with Gasteiger partial charge in [-0.1, -0.05) is 0 Å². The number of morpholine rings is 1. The highest BCUT2D eigenvalue weighted by Gasteiger charge is 2.45. The third kappa shape index (κ3) is 2.43. The van der Waals surface area contributed by atoms with Gasteiger partial charge < -0.3 is 9.64 Å². The van der Waals surface area contributed by atoms with E-state index in [1.807, 2.05) is 0 Å². The SMILES string of the molecule is O=C(c1ccc(F)cc1)N1CCOC2CS(=O)(=O)CC21. The molecule has 2 atom stereocenters. The summed E-state index contributed by atoms with van der Waals surface area (Å²) in [5, 5.41) is 0. The molecule has 0 N–H and O–H groups in total. The van der Waals surface area contributed by atoms with Crippen molar-refractivity contribution in [3.8, 4) is 0 Å². The van der Waals surface area contributed by atoms with Crippen molar-refractivity contribution in [3.63, 3.8) is 0 Å². The molecular weight excluding hydrogens is 285 g/mol. The molecule has 0 aromatic heterocycles. The smallest absolute Gasteiger partial charge is 0.254 e. The number of carbonyl (C=O) groups excluding carboxylic acids is 1. The van der Waals surface area contributed by atoms with Crippen LogP contribution in [0.15, 0.2) is 24.3 Å². The van der Waals surface area contributed by atoms with Crippen LogP contribution in [0, 0.1) is 5.82 Å². The molecule has 1 amide bonds. The highest BCUT2D eigenvalue weighted by molar-refractivity contribution is 7.91. The van der Waals surface area contributed by atoms with Gasteiger partial charge in [-0.2, -0.15) is 0 Å². The van der Waals surface area contributed by atoms with Crippen LogP contribution in [-0.4, -0.2) is 56.0 Å². The van der Waals surface area contributed by atoms with Crippen LogP contribution in [-0.2, 0) is 14.6 Å². The number of hydrogen-bond acceptors (Lipinski definition) is 4. The topological polar surface area (TPSA) is 63.7 Å². The zero-order valence-electron chi connectivity index (χ0n) is 10.7. The number of halogens is 1. The molecule has 2 fully saturated rings. The lowest BCUT2D eigenvalue weighted by Gasteiger charge is -2.36. The van der Waals surface area contributed by atoms with E-state index in [0.717, 1.165) is 0 Å². The van der Waals surface area contributed by atoms with Crippen molar-refractivity contribution in [2.45, 2.75) is 12.1 Å². The fourth-order valence-corrected chi connectivity index (χ4v) is 4.60. The van der Waals surface area contributed by atoms with E-state index in [4.69, 9.17) is 4.74 Å². The third-order valence-corrected chi connectivity index (χ3v) is 5.37. The van der Waals surface area contributed by atoms with Crippen LogP contribution >= 0.6 is 0 Å². The van der Waals surface area contributed by atoms with Gasteiger partial charge in [0.1, 0.15) is 5.82 Å². The van der Waals surface area contributed by atoms with E-state index >= 15 is 0 Å². The number of hydrogen-bond donors (Lipinski definition) is 0. The van der Waals surface area contributed by atoms with Gasteiger partial charge in [-0.05, 0) is 24.3 Å². The van der Waals surface area contributed by atoms with Gasteiger partial charge >= 0.3 is 0 Å². The summed E-state index contributed by atoms with van der Waals surface area (Å²) < 4.78 is 41.7. The Hall–Kier alpha value is -1.47. The quantitative estimate of drug-likeness (QED) is 0.756. The Balaban J connectivity index is 1.85. The molecule has 2 aliphatic rings. The summed E-state index contributed by atoms with van der Waals surface area (Å²) in [6, 6.07) is 4.82. The third-order valence-electron chi connectivity index (χ3n) is 3.69. The molecule has 2 aliphatic heterocycles. The number of nitrogens with zero attached hydrogens (tertiary/aromatic N) is 1. The van der Waals surface area contributed by atoms with Gasteiger partial charge in [0.2, 0.25) is 0 Å². The molecule has 2 saturated heterocycles. The van der Waals surface area contributed by atoms with Crippen molar-refractivity contribution in [2.75, 3.05) is 24.7 Å². The minimum Gasteiger partial charge on any atom is -0.373 e. The molecule has 3 rings (SSSR count). The minimum atomic E-state index is -3.16. The van der Waals surface area contributed by atoms with Crippen LogP contribution in [0.4, 0.5) is 4.39 Å². The number of benzene rings is 1. The molecule has 1 aromatic rings. The normalized spacial score (nSPS) is 28.1. The molecule has 7 heteroatoms. The monoisotopic (exact) mass is 299 g/mol. The molecule has 0 bridgehead atoms. The summed E-state index contributed by atoms with van der Waals surface area (Å²) >= 11 is 0. The Morgan fingerprint density at radius 1 is 1.25 bits per heavy atom. The average molecular weight is 299 g/mol. The lowest BCUT2D eigenvalue weighted by atomic mass is 10.1. The molecule has 5 nitrogen and oxygen atoms in total. The average Bonchev–Trinajstić information content (AvgIpc) is 2.72. The second kappa shape index (κ2) is 4.82. The fourth-order valence-electron chi connectivity index (χ4n) is 2.73. The van der Waals surface area contributed by atoms with Gasteiger partial charge in [0.15, 0.2) is 9.84 Å². The first kappa shape index (κ1) is 13.5. The zero-order chi connectivity index (χ0) is 14.3. The second-order valence-corrected chi connectivity index (χ2v) is 7.21. The summed E-state index contributed by atoms with van der Waals surface area (Å²) in [5.74, 6) is -0.791. The van der Waals surface area contributed by atoms with Gasteiger partial charge in [0.05, 0.1) is 30.3 Å². The van der Waals surface area contributed by atoms with E-state index in [9.17, 15) is 17.6 Å². The molecule has 2 unspecified atom stereocenters. The first-order chi connectivity index (χ1) is 9.46. The maximum Gasteiger partial charge on any atom is 0.254 e. The summed E-state index contributed by atoms with van der Waals surface area (Å²) in [4.78, 5) is 14.0. The largest absolute Gasteiger partial charge is 0.373 e. The van der Waals surface area contributed by atoms with Crippen molar-refractivity contribution >= 4 is 15.7 Å². The number of sulfone groups is 1. The first-order valence-electron chi connectivity index (χ1n) is 6.35. The van der Waals surface area contributed by atoms with Crippen LogP contribution in [0.5, 0.6) is 0 Å². The first-order valence-corrected chi connectivity index (χ1v) is 8.17. The number of ether oxygens (including phenoxy) is 1. The molecule has 0 saturated carbocycles. The van der Waals surface area contributed by atoms with E-state index in [1.165, 1.54) is 29.2 Å². The maximum absolute atomic E-state index is 12.9. The molecule has 0 aliphatic carbocycles. The van der Waals surface area contributed by atoms with Gasteiger partial charge in [-0.25, -0.2) is 12.8 Å². The molecular formula is C13H14FNO4S. The molecule has 0 radical (unpaired) electrons. The summed E-state index contributed by atoms with van der Waals surface area (Å²) in [6.07, 6.45) is -0.446. The van der Waals surface area contributed by atoms with E-state index in [2.05, 4.69) is 0 Å². The second-order valence-electron chi connectivity index (χ2n) is 5.06. The number of rotatable bonds is 1. The Kier molecular flexibility index (Phi) is 3.25. The van der Waals surface area contributed by atoms with Crippen molar-refractivity contribution in [1.29, 1.82) is 0 Å².